The molecule has 0 spiro atoms. The van der Waals surface area contributed by atoms with E-state index in [9.17, 15) is 0 Å². The average Bonchev–Trinajstić information content (AvgIpc) is 2.44. The van der Waals surface area contributed by atoms with Crippen molar-refractivity contribution in [1.29, 1.82) is 0 Å². The SMILES string of the molecule is CCN[Si](CC(C)C)(NCC)N(CC)[Si](CC)(CC)CC. The van der Waals surface area contributed by atoms with E-state index >= 15 is 0 Å². The maximum Gasteiger partial charge on any atom is 0.277 e. The fourth-order valence-corrected chi connectivity index (χ4v) is 16.6. The van der Waals surface area contributed by atoms with E-state index in [0.717, 1.165) is 19.0 Å². The topological polar surface area (TPSA) is 27.3 Å². The zero-order valence-electron chi connectivity index (χ0n) is 16.0. The van der Waals surface area contributed by atoms with E-state index in [1.807, 2.05) is 0 Å². The van der Waals surface area contributed by atoms with Crippen LogP contribution in [-0.2, 0) is 0 Å². The van der Waals surface area contributed by atoms with E-state index in [1.165, 1.54) is 30.7 Å². The molecule has 0 radical (unpaired) electrons. The van der Waals surface area contributed by atoms with Crippen LogP contribution < -0.4 is 9.96 Å². The van der Waals surface area contributed by atoms with Crippen LogP contribution in [0.5, 0.6) is 0 Å². The minimum Gasteiger partial charge on any atom is -0.321 e. The molecule has 3 nitrogen and oxygen atoms in total. The quantitative estimate of drug-likeness (QED) is 0.527. The molecule has 0 heterocycles. The molecule has 0 rings (SSSR count). The van der Waals surface area contributed by atoms with E-state index in [2.05, 4.69) is 69.6 Å². The lowest BCUT2D eigenvalue weighted by Gasteiger charge is -2.52. The van der Waals surface area contributed by atoms with Crippen molar-refractivity contribution in [1.82, 2.24) is 14.2 Å². The van der Waals surface area contributed by atoms with E-state index in [4.69, 9.17) is 0 Å². The van der Waals surface area contributed by atoms with E-state index in [-0.39, 0.29) is 0 Å². The average molecular weight is 332 g/mol. The Hall–Kier alpha value is 0.314. The lowest BCUT2D eigenvalue weighted by atomic mass is 10.3. The van der Waals surface area contributed by atoms with Crippen molar-refractivity contribution in [2.75, 3.05) is 19.6 Å². The molecule has 0 aromatic carbocycles. The second-order valence-corrected chi connectivity index (χ2v) is 15.5. The smallest absolute Gasteiger partial charge is 0.277 e. The number of hydrogen-bond acceptors (Lipinski definition) is 3. The van der Waals surface area contributed by atoms with Crippen LogP contribution in [-0.4, -0.2) is 40.7 Å². The van der Waals surface area contributed by atoms with E-state index < -0.39 is 16.8 Å². The molecule has 2 N–H and O–H groups in total. The van der Waals surface area contributed by atoms with Gasteiger partial charge in [0.2, 0.25) is 0 Å². The van der Waals surface area contributed by atoms with Crippen molar-refractivity contribution in [2.24, 2.45) is 5.92 Å². The van der Waals surface area contributed by atoms with Crippen molar-refractivity contribution in [3.63, 3.8) is 0 Å². The Morgan fingerprint density at radius 1 is 0.810 bits per heavy atom. The maximum absolute atomic E-state index is 3.98. The molecule has 0 aliphatic rings. The van der Waals surface area contributed by atoms with Gasteiger partial charge in [-0.3, -0.25) is 0 Å². The first-order valence-corrected chi connectivity index (χ1v) is 13.9. The normalized spacial score (nSPS) is 13.4. The van der Waals surface area contributed by atoms with Gasteiger partial charge < -0.3 is 14.2 Å². The highest BCUT2D eigenvalue weighted by molar-refractivity contribution is 6.90. The van der Waals surface area contributed by atoms with Crippen molar-refractivity contribution >= 4 is 16.8 Å². The van der Waals surface area contributed by atoms with Crippen LogP contribution in [0.1, 0.15) is 55.4 Å². The van der Waals surface area contributed by atoms with Crippen LogP contribution in [0.4, 0.5) is 0 Å². The Morgan fingerprint density at radius 2 is 1.24 bits per heavy atom. The monoisotopic (exact) mass is 331 g/mol. The molecular weight excluding hydrogens is 290 g/mol. The van der Waals surface area contributed by atoms with Gasteiger partial charge >= 0.3 is 0 Å². The highest BCUT2D eigenvalue weighted by Crippen LogP contribution is 2.30. The minimum atomic E-state index is -1.79. The fourth-order valence-electron chi connectivity index (χ4n) is 4.02. The summed E-state index contributed by atoms with van der Waals surface area (Å²) in [5.74, 6) is 0.737. The van der Waals surface area contributed by atoms with Gasteiger partial charge in [0, 0.05) is 0 Å². The highest BCUT2D eigenvalue weighted by atomic mass is 28.4. The van der Waals surface area contributed by atoms with Crippen LogP contribution >= 0.6 is 0 Å². The van der Waals surface area contributed by atoms with Crippen LogP contribution in [0.25, 0.3) is 0 Å². The van der Waals surface area contributed by atoms with Gasteiger partial charge in [-0.25, -0.2) is 0 Å². The Kier molecular flexibility index (Phi) is 10.3. The molecule has 0 saturated carbocycles. The largest absolute Gasteiger partial charge is 0.321 e. The van der Waals surface area contributed by atoms with Gasteiger partial charge in [-0.1, -0.05) is 55.4 Å². The molecule has 0 aliphatic carbocycles. The van der Waals surface area contributed by atoms with Crippen LogP contribution in [0.2, 0.25) is 24.2 Å². The van der Waals surface area contributed by atoms with Crippen LogP contribution in [0.3, 0.4) is 0 Å². The number of nitrogens with zero attached hydrogens (tertiary/aromatic N) is 1. The van der Waals surface area contributed by atoms with Crippen molar-refractivity contribution in [3.8, 4) is 0 Å². The molecular formula is C16H41N3Si2. The summed E-state index contributed by atoms with van der Waals surface area (Å²) in [6, 6.07) is 5.42. The van der Waals surface area contributed by atoms with Crippen LogP contribution in [0, 0.1) is 5.92 Å². The summed E-state index contributed by atoms with van der Waals surface area (Å²) in [6.45, 7) is 22.3. The van der Waals surface area contributed by atoms with Crippen LogP contribution in [0.15, 0.2) is 0 Å². The standard InChI is InChI=1S/C16H41N3Si2/c1-9-17-21(18-10-2,15-16(7)8)19(11-3)20(12-4,13-5)14-6/h16-18H,9-15H2,1-8H3. The molecule has 0 aliphatic heterocycles. The fraction of sp³-hybridized carbons (Fsp3) is 1.00. The summed E-state index contributed by atoms with van der Waals surface area (Å²) in [5, 5.41) is 0. The second kappa shape index (κ2) is 10.2. The highest BCUT2D eigenvalue weighted by Gasteiger charge is 2.48. The molecule has 0 aromatic rings. The molecule has 0 saturated heterocycles. The van der Waals surface area contributed by atoms with Crippen molar-refractivity contribution in [2.45, 2.75) is 79.6 Å². The van der Waals surface area contributed by atoms with E-state index in [0.29, 0.717) is 0 Å². The number of rotatable bonds is 12. The predicted molar refractivity (Wildman–Crippen MR) is 102 cm³/mol. The third-order valence-corrected chi connectivity index (χ3v) is 17.5. The lowest BCUT2D eigenvalue weighted by Crippen LogP contribution is -2.79. The molecule has 128 valence electrons. The third kappa shape index (κ3) is 5.17. The molecule has 0 atom stereocenters. The lowest BCUT2D eigenvalue weighted by molar-refractivity contribution is 0.536. The molecule has 21 heavy (non-hydrogen) atoms. The number of hydrogen-bond donors (Lipinski definition) is 2. The summed E-state index contributed by atoms with van der Waals surface area (Å²) >= 11 is 0. The van der Waals surface area contributed by atoms with Gasteiger partial charge in [-0.15, -0.1) is 0 Å². The molecule has 0 amide bonds. The summed E-state index contributed by atoms with van der Waals surface area (Å²) in [6.07, 6.45) is 0. The summed E-state index contributed by atoms with van der Waals surface area (Å²) in [5.41, 5.74) is 0. The molecule has 0 fully saturated rings. The molecule has 5 heteroatoms. The van der Waals surface area contributed by atoms with Gasteiger partial charge in [0.05, 0.1) is 0 Å². The minimum absolute atomic E-state index is 0.737. The summed E-state index contributed by atoms with van der Waals surface area (Å²) in [4.78, 5) is 7.95. The first kappa shape index (κ1) is 21.3. The molecule has 0 aromatic heterocycles. The molecule has 0 bridgehead atoms. The first-order chi connectivity index (χ1) is 9.91. The second-order valence-electron chi connectivity index (χ2n) is 6.55. The van der Waals surface area contributed by atoms with Gasteiger partial charge in [-0.2, -0.15) is 0 Å². The zero-order valence-corrected chi connectivity index (χ0v) is 18.0. The molecule has 0 unspecified atom stereocenters. The third-order valence-electron chi connectivity index (χ3n) is 4.97. The van der Waals surface area contributed by atoms with Gasteiger partial charge in [0.15, 0.2) is 0 Å². The summed E-state index contributed by atoms with van der Waals surface area (Å²) in [7, 11) is -3.14. The Bertz CT molecular complexity index is 254. The Balaban J connectivity index is 5.78. The van der Waals surface area contributed by atoms with Gasteiger partial charge in [0.1, 0.15) is 8.24 Å². The Morgan fingerprint density at radius 3 is 1.48 bits per heavy atom. The first-order valence-electron chi connectivity index (χ1n) is 9.19. The zero-order chi connectivity index (χ0) is 16.5. The summed E-state index contributed by atoms with van der Waals surface area (Å²) < 4.78 is 2.99. The van der Waals surface area contributed by atoms with Crippen molar-refractivity contribution < 1.29 is 0 Å². The predicted octanol–water partition coefficient (Wildman–Crippen LogP) is 4.13. The number of nitrogens with one attached hydrogen (secondary N) is 2. The van der Waals surface area contributed by atoms with E-state index in [1.54, 1.807) is 0 Å². The van der Waals surface area contributed by atoms with Gasteiger partial charge in [0.25, 0.3) is 8.56 Å². The Labute approximate surface area is 136 Å². The van der Waals surface area contributed by atoms with Gasteiger partial charge in [-0.05, 0) is 49.7 Å². The van der Waals surface area contributed by atoms with Crippen molar-refractivity contribution in [3.05, 3.63) is 0 Å². The maximum atomic E-state index is 3.98.